The fourth-order valence-corrected chi connectivity index (χ4v) is 0.966. The smallest absolute Gasteiger partial charge is 0.374 e. The van der Waals surface area contributed by atoms with Gasteiger partial charge in [-0.05, 0) is 17.7 Å². The summed E-state index contributed by atoms with van der Waals surface area (Å²) in [6.07, 6.45) is 0. The van der Waals surface area contributed by atoms with Gasteiger partial charge in [0.05, 0.1) is 7.11 Å². The van der Waals surface area contributed by atoms with E-state index >= 15 is 0 Å². The Hall–Kier alpha value is -1.09. The van der Waals surface area contributed by atoms with Crippen LogP contribution in [0.25, 0.3) is 0 Å². The average Bonchev–Trinajstić information content (AvgIpc) is 2.16. The largest absolute Gasteiger partial charge is 0.565 e. The highest BCUT2D eigenvalue weighted by atomic mass is 16.5. The standard InChI is InChI=1S/C8H8B2O3/c1-12-7-4-5(8(9)11)2-3-6(7)13-10/h2-4,8,11H,1H3. The summed E-state index contributed by atoms with van der Waals surface area (Å²) in [6, 6.07) is 3.72. The quantitative estimate of drug-likeness (QED) is 0.670. The first-order valence-electron chi connectivity index (χ1n) is 3.67. The first-order valence-corrected chi connectivity index (χ1v) is 3.67. The van der Waals surface area contributed by atoms with Gasteiger partial charge in [-0.3, -0.25) is 0 Å². The molecular weight excluding hydrogens is 166 g/mol. The van der Waals surface area contributed by atoms with Gasteiger partial charge in [-0.2, -0.15) is 0 Å². The number of rotatable bonds is 3. The molecule has 4 radical (unpaired) electrons. The third kappa shape index (κ3) is 2.18. The molecule has 3 nitrogen and oxygen atoms in total. The van der Waals surface area contributed by atoms with E-state index in [9.17, 15) is 0 Å². The minimum Gasteiger partial charge on any atom is -0.565 e. The van der Waals surface area contributed by atoms with E-state index in [4.69, 9.17) is 25.7 Å². The van der Waals surface area contributed by atoms with Crippen LogP contribution in [-0.4, -0.2) is 28.1 Å². The number of hydrogen-bond donors (Lipinski definition) is 1. The van der Waals surface area contributed by atoms with Crippen molar-refractivity contribution < 1.29 is 14.5 Å². The van der Waals surface area contributed by atoms with E-state index in [1.807, 2.05) is 0 Å². The molecule has 1 unspecified atom stereocenters. The molecule has 5 heteroatoms. The molecule has 0 saturated heterocycles. The van der Waals surface area contributed by atoms with Gasteiger partial charge in [-0.25, -0.2) is 0 Å². The molecule has 0 bridgehead atoms. The lowest BCUT2D eigenvalue weighted by atomic mass is 9.92. The number of methoxy groups -OCH3 is 1. The Balaban J connectivity index is 3.05. The van der Waals surface area contributed by atoms with Gasteiger partial charge in [0.2, 0.25) is 0 Å². The van der Waals surface area contributed by atoms with Crippen molar-refractivity contribution in [1.82, 2.24) is 0 Å². The first kappa shape index (κ1) is 9.99. The second kappa shape index (κ2) is 4.23. The summed E-state index contributed by atoms with van der Waals surface area (Å²) in [4.78, 5) is 0. The SMILES string of the molecule is [B]Oc1ccc(C([B])O)cc1OC. The van der Waals surface area contributed by atoms with Crippen LogP contribution in [0, 0.1) is 0 Å². The lowest BCUT2D eigenvalue weighted by Crippen LogP contribution is -1.98. The molecule has 1 aromatic carbocycles. The van der Waals surface area contributed by atoms with Crippen molar-refractivity contribution >= 4 is 15.9 Å². The van der Waals surface area contributed by atoms with Gasteiger partial charge in [0.1, 0.15) is 13.6 Å². The molecule has 1 rings (SSSR count). The molecular formula is C8H8B2O3. The Labute approximate surface area is 79.5 Å². The van der Waals surface area contributed by atoms with E-state index in [2.05, 4.69) is 4.65 Å². The summed E-state index contributed by atoms with van der Waals surface area (Å²) < 4.78 is 9.48. The van der Waals surface area contributed by atoms with Crippen LogP contribution in [0.3, 0.4) is 0 Å². The molecule has 0 fully saturated rings. The summed E-state index contributed by atoms with van der Waals surface area (Å²) in [7, 11) is 11.7. The van der Waals surface area contributed by atoms with Crippen molar-refractivity contribution in [2.45, 2.75) is 6.00 Å². The van der Waals surface area contributed by atoms with Crippen LogP contribution < -0.4 is 9.39 Å². The third-order valence-electron chi connectivity index (χ3n) is 1.66. The molecule has 1 N–H and O–H groups in total. The highest BCUT2D eigenvalue weighted by Crippen LogP contribution is 2.28. The number of aliphatic hydroxyl groups excluding tert-OH is 1. The van der Waals surface area contributed by atoms with Crippen molar-refractivity contribution in [3.8, 4) is 11.5 Å². The molecule has 0 heterocycles. The van der Waals surface area contributed by atoms with E-state index < -0.39 is 6.00 Å². The minimum atomic E-state index is -1.03. The van der Waals surface area contributed by atoms with Crippen LogP contribution in [-0.2, 0) is 0 Å². The van der Waals surface area contributed by atoms with Crippen LogP contribution in [0.4, 0.5) is 0 Å². The van der Waals surface area contributed by atoms with E-state index in [1.165, 1.54) is 7.11 Å². The Kier molecular flexibility index (Phi) is 3.25. The van der Waals surface area contributed by atoms with Gasteiger partial charge in [0, 0.05) is 6.00 Å². The van der Waals surface area contributed by atoms with Gasteiger partial charge in [0.15, 0.2) is 5.75 Å². The van der Waals surface area contributed by atoms with Crippen LogP contribution >= 0.6 is 0 Å². The van der Waals surface area contributed by atoms with E-state index in [-0.39, 0.29) is 0 Å². The molecule has 0 amide bonds. The molecule has 1 aromatic rings. The predicted molar refractivity (Wildman–Crippen MR) is 50.1 cm³/mol. The summed E-state index contributed by atoms with van der Waals surface area (Å²) in [6.45, 7) is 0. The van der Waals surface area contributed by atoms with Crippen molar-refractivity contribution in [1.29, 1.82) is 0 Å². The maximum atomic E-state index is 9.06. The van der Waals surface area contributed by atoms with Crippen molar-refractivity contribution in [2.75, 3.05) is 7.11 Å². The summed E-state index contributed by atoms with van der Waals surface area (Å²) in [5, 5.41) is 9.06. The monoisotopic (exact) mass is 174 g/mol. The molecule has 64 valence electrons. The second-order valence-electron chi connectivity index (χ2n) is 2.47. The number of hydrogen-bond acceptors (Lipinski definition) is 3. The van der Waals surface area contributed by atoms with Crippen molar-refractivity contribution in [3.63, 3.8) is 0 Å². The Morgan fingerprint density at radius 2 is 2.08 bits per heavy atom. The zero-order chi connectivity index (χ0) is 9.84. The lowest BCUT2D eigenvalue weighted by Gasteiger charge is -2.11. The zero-order valence-electron chi connectivity index (χ0n) is 7.23. The first-order chi connectivity index (χ1) is 6.19. The van der Waals surface area contributed by atoms with Gasteiger partial charge in [-0.15, -0.1) is 0 Å². The molecule has 0 aliphatic heterocycles. The molecule has 0 saturated carbocycles. The minimum absolute atomic E-state index is 0.395. The topological polar surface area (TPSA) is 38.7 Å². The van der Waals surface area contributed by atoms with Crippen LogP contribution in [0.1, 0.15) is 11.6 Å². The molecule has 13 heavy (non-hydrogen) atoms. The van der Waals surface area contributed by atoms with Gasteiger partial charge in [-0.1, -0.05) is 6.07 Å². The molecule has 0 spiro atoms. The average molecular weight is 174 g/mol. The van der Waals surface area contributed by atoms with E-state index in [0.29, 0.717) is 17.1 Å². The summed E-state index contributed by atoms with van der Waals surface area (Å²) in [5.41, 5.74) is 0.539. The maximum Gasteiger partial charge on any atom is 0.374 e. The van der Waals surface area contributed by atoms with Crippen LogP contribution in [0.15, 0.2) is 18.2 Å². The van der Waals surface area contributed by atoms with Gasteiger partial charge in [0.25, 0.3) is 0 Å². The van der Waals surface area contributed by atoms with Gasteiger partial charge >= 0.3 is 8.05 Å². The van der Waals surface area contributed by atoms with E-state index in [0.717, 1.165) is 0 Å². The number of ether oxygens (including phenoxy) is 1. The summed E-state index contributed by atoms with van der Waals surface area (Å²) in [5.74, 6) is 0.830. The Morgan fingerprint density at radius 3 is 2.54 bits per heavy atom. The third-order valence-corrected chi connectivity index (χ3v) is 1.66. The molecule has 0 aliphatic carbocycles. The lowest BCUT2D eigenvalue weighted by molar-refractivity contribution is 0.261. The predicted octanol–water partition coefficient (Wildman–Crippen LogP) is 0.317. The highest BCUT2D eigenvalue weighted by molar-refractivity contribution is 6.11. The molecule has 0 aliphatic rings. The second-order valence-corrected chi connectivity index (χ2v) is 2.47. The zero-order valence-corrected chi connectivity index (χ0v) is 7.23. The Bertz CT molecular complexity index is 289. The normalized spacial score (nSPS) is 12.2. The van der Waals surface area contributed by atoms with Crippen molar-refractivity contribution in [3.05, 3.63) is 23.8 Å². The highest BCUT2D eigenvalue weighted by Gasteiger charge is 2.06. The number of aliphatic hydroxyl groups is 1. The fourth-order valence-electron chi connectivity index (χ4n) is 0.966. The molecule has 1 atom stereocenters. The number of benzene rings is 1. The Morgan fingerprint density at radius 1 is 1.38 bits per heavy atom. The van der Waals surface area contributed by atoms with Crippen molar-refractivity contribution in [2.24, 2.45) is 0 Å². The van der Waals surface area contributed by atoms with Crippen LogP contribution in [0.5, 0.6) is 11.5 Å². The van der Waals surface area contributed by atoms with Gasteiger partial charge < -0.3 is 14.5 Å². The van der Waals surface area contributed by atoms with Crippen LogP contribution in [0.2, 0.25) is 0 Å². The maximum absolute atomic E-state index is 9.06. The molecule has 0 aromatic heterocycles. The van der Waals surface area contributed by atoms with E-state index in [1.54, 1.807) is 18.2 Å². The fraction of sp³-hybridized carbons (Fsp3) is 0.250. The summed E-state index contributed by atoms with van der Waals surface area (Å²) >= 11 is 0.